The van der Waals surface area contributed by atoms with Crippen molar-refractivity contribution in [2.24, 2.45) is 5.73 Å². The summed E-state index contributed by atoms with van der Waals surface area (Å²) in [4.78, 5) is 25.2. The minimum atomic E-state index is -1.01. The van der Waals surface area contributed by atoms with Gasteiger partial charge in [-0.15, -0.1) is 0 Å². The van der Waals surface area contributed by atoms with E-state index in [0.29, 0.717) is 60.5 Å². The molecule has 2 aliphatic heterocycles. The molecule has 2 aliphatic rings. The van der Waals surface area contributed by atoms with E-state index in [1.165, 1.54) is 0 Å². The van der Waals surface area contributed by atoms with Crippen molar-refractivity contribution in [3.8, 4) is 5.75 Å². The highest BCUT2D eigenvalue weighted by Crippen LogP contribution is 2.47. The molecule has 192 valence electrons. The zero-order chi connectivity index (χ0) is 26.1. The Morgan fingerprint density at radius 2 is 2.11 bits per heavy atom. The molecule has 2 aromatic rings. The lowest BCUT2D eigenvalue weighted by atomic mass is 9.77. The third kappa shape index (κ3) is 4.91. The van der Waals surface area contributed by atoms with E-state index >= 15 is 0 Å². The zero-order valence-corrected chi connectivity index (χ0v) is 21.3. The number of aliphatic hydroxyl groups is 1. The molecule has 8 heteroatoms. The first-order valence-electron chi connectivity index (χ1n) is 12.2. The molecule has 0 unspecified atom stereocenters. The van der Waals surface area contributed by atoms with Crippen molar-refractivity contribution in [3.05, 3.63) is 74.9 Å². The number of carbonyl (C=O) groups is 1. The van der Waals surface area contributed by atoms with Crippen LogP contribution >= 0.6 is 0 Å². The summed E-state index contributed by atoms with van der Waals surface area (Å²) in [6, 6.07) is 5.52. The number of ether oxygens (including phenoxy) is 2. The van der Waals surface area contributed by atoms with E-state index in [-0.39, 0.29) is 6.61 Å². The summed E-state index contributed by atoms with van der Waals surface area (Å²) in [5.41, 5.74) is 7.05. The van der Waals surface area contributed by atoms with E-state index in [2.05, 4.69) is 5.32 Å². The molecule has 8 nitrogen and oxygen atoms in total. The van der Waals surface area contributed by atoms with Gasteiger partial charge in [0.2, 0.25) is 0 Å². The first-order valence-corrected chi connectivity index (χ1v) is 12.2. The number of carbonyl (C=O) groups excluding carboxylic acids is 1. The van der Waals surface area contributed by atoms with Crippen LogP contribution in [0, 0.1) is 0 Å². The number of fused-ring (bicyclic) bond motifs is 2. The number of allylic oxidation sites excluding steroid dienone is 2. The highest BCUT2D eigenvalue weighted by Gasteiger charge is 2.54. The van der Waals surface area contributed by atoms with Crippen LogP contribution in [0.1, 0.15) is 51.7 Å². The van der Waals surface area contributed by atoms with Gasteiger partial charge >= 0.3 is 11.6 Å². The van der Waals surface area contributed by atoms with E-state index in [0.717, 1.165) is 16.5 Å². The van der Waals surface area contributed by atoms with Crippen LogP contribution in [0.5, 0.6) is 5.75 Å². The van der Waals surface area contributed by atoms with Crippen molar-refractivity contribution in [3.63, 3.8) is 0 Å². The predicted octanol–water partition coefficient (Wildman–Crippen LogP) is 3.40. The highest BCUT2D eigenvalue weighted by molar-refractivity contribution is 5.88. The van der Waals surface area contributed by atoms with Gasteiger partial charge in [0.1, 0.15) is 16.9 Å². The maximum Gasteiger partial charge on any atom is 0.339 e. The van der Waals surface area contributed by atoms with Gasteiger partial charge in [-0.2, -0.15) is 0 Å². The van der Waals surface area contributed by atoms with Gasteiger partial charge < -0.3 is 30.0 Å². The van der Waals surface area contributed by atoms with Crippen molar-refractivity contribution in [2.45, 2.75) is 64.6 Å². The van der Waals surface area contributed by atoms with E-state index in [4.69, 9.17) is 24.7 Å². The molecule has 36 heavy (non-hydrogen) atoms. The Bertz CT molecular complexity index is 1330. The monoisotopic (exact) mass is 494 g/mol. The van der Waals surface area contributed by atoms with Crippen molar-refractivity contribution in [2.75, 3.05) is 13.2 Å². The molecule has 1 aromatic carbocycles. The van der Waals surface area contributed by atoms with Gasteiger partial charge in [0.15, 0.2) is 5.60 Å². The van der Waals surface area contributed by atoms with E-state index in [1.54, 1.807) is 26.0 Å². The van der Waals surface area contributed by atoms with Crippen LogP contribution in [-0.4, -0.2) is 35.4 Å². The Morgan fingerprint density at radius 1 is 1.33 bits per heavy atom. The summed E-state index contributed by atoms with van der Waals surface area (Å²) < 4.78 is 18.3. The lowest BCUT2D eigenvalue weighted by Gasteiger charge is -2.43. The molecule has 0 bridgehead atoms. The molecule has 4 rings (SSSR count). The third-order valence-corrected chi connectivity index (χ3v) is 7.07. The summed E-state index contributed by atoms with van der Waals surface area (Å²) in [5.74, 6) is 0.758. The van der Waals surface area contributed by atoms with Gasteiger partial charge in [-0.1, -0.05) is 12.2 Å². The van der Waals surface area contributed by atoms with Crippen molar-refractivity contribution in [1.82, 2.24) is 5.32 Å². The number of nitrogens with one attached hydrogen (secondary N) is 1. The van der Waals surface area contributed by atoms with Crippen LogP contribution in [0.25, 0.3) is 11.0 Å². The maximum atomic E-state index is 12.8. The number of rotatable bonds is 8. The number of dihydropyridines is 1. The second kappa shape index (κ2) is 9.85. The third-order valence-electron chi connectivity index (χ3n) is 7.07. The Labute approximate surface area is 210 Å². The Hall–Kier alpha value is -3.52. The van der Waals surface area contributed by atoms with E-state index in [9.17, 15) is 9.59 Å². The second-order valence-corrected chi connectivity index (χ2v) is 9.97. The predicted molar refractivity (Wildman–Crippen MR) is 138 cm³/mol. The van der Waals surface area contributed by atoms with Crippen molar-refractivity contribution < 1.29 is 23.8 Å². The molecule has 0 amide bonds. The molecule has 1 aromatic heterocycles. The number of hydrogen-bond donors (Lipinski definition) is 3. The average molecular weight is 495 g/mol. The molecule has 0 fully saturated rings. The van der Waals surface area contributed by atoms with Crippen LogP contribution in [0.4, 0.5) is 0 Å². The fourth-order valence-electron chi connectivity index (χ4n) is 4.70. The minimum absolute atomic E-state index is 0.00283. The summed E-state index contributed by atoms with van der Waals surface area (Å²) in [6.45, 7) is 7.84. The summed E-state index contributed by atoms with van der Waals surface area (Å²) in [5, 5.41) is 13.0. The van der Waals surface area contributed by atoms with Gasteiger partial charge in [-0.05, 0) is 69.9 Å². The van der Waals surface area contributed by atoms with Gasteiger partial charge in [-0.25, -0.2) is 9.59 Å². The fourth-order valence-corrected chi connectivity index (χ4v) is 4.70. The lowest BCUT2D eigenvalue weighted by molar-refractivity contribution is -0.174. The molecule has 0 saturated heterocycles. The topological polar surface area (TPSA) is 124 Å². The molecule has 1 atom stereocenters. The standard InChI is InChI=1S/C28H34N2O6/c1-5-17(2)25(32)36-27(3,4)28(15-18-8-9-30-24(29)11-18)16-21-13-20-12-19(7-6-10-31)26(33)34-22(20)14-23(21)35-28/h5,8,11-14,30-31H,6-7,9-10,15-16,29H2,1-4H3/b17-5+/t28-/m0/s1. The Balaban J connectivity index is 1.76. The fraction of sp³-hybridized carbons (Fsp3) is 0.429. The molecule has 3 heterocycles. The molecular formula is C28H34N2O6. The number of aryl methyl sites for hydroxylation is 1. The number of nitrogens with two attached hydrogens (primary N) is 1. The van der Waals surface area contributed by atoms with Gasteiger partial charge in [0.05, 0.1) is 5.82 Å². The van der Waals surface area contributed by atoms with Gasteiger partial charge in [0, 0.05) is 48.6 Å². The van der Waals surface area contributed by atoms with E-state index in [1.807, 2.05) is 38.1 Å². The summed E-state index contributed by atoms with van der Waals surface area (Å²) in [7, 11) is 0. The second-order valence-electron chi connectivity index (χ2n) is 9.97. The summed E-state index contributed by atoms with van der Waals surface area (Å²) >= 11 is 0. The largest absolute Gasteiger partial charge is 0.482 e. The van der Waals surface area contributed by atoms with Gasteiger partial charge in [-0.3, -0.25) is 0 Å². The maximum absolute atomic E-state index is 12.8. The Kier molecular flexibility index (Phi) is 7.00. The molecule has 0 radical (unpaired) electrons. The molecule has 4 N–H and O–H groups in total. The number of esters is 1. The summed E-state index contributed by atoms with van der Waals surface area (Å²) in [6.07, 6.45) is 7.50. The first-order chi connectivity index (χ1) is 17.1. The van der Waals surface area contributed by atoms with Crippen LogP contribution in [0.2, 0.25) is 0 Å². The quantitative estimate of drug-likeness (QED) is 0.290. The number of aliphatic hydroxyl groups excluding tert-OH is 1. The normalized spacial score (nSPS) is 19.8. The lowest BCUT2D eigenvalue weighted by Crippen LogP contribution is -2.56. The van der Waals surface area contributed by atoms with Gasteiger partial charge in [0.25, 0.3) is 0 Å². The SMILES string of the molecule is C/C=C(\C)C(=O)OC(C)(C)[C@]1(CC2=CCNC(N)=C2)Cc2cc3cc(CCCO)c(=O)oc3cc2O1. The van der Waals surface area contributed by atoms with Crippen molar-refractivity contribution >= 4 is 16.9 Å². The highest BCUT2D eigenvalue weighted by atomic mass is 16.6. The number of benzene rings is 1. The molecular weight excluding hydrogens is 460 g/mol. The van der Waals surface area contributed by atoms with Crippen LogP contribution in [0.15, 0.2) is 62.6 Å². The molecule has 0 saturated carbocycles. The van der Waals surface area contributed by atoms with Crippen LogP contribution in [-0.2, 0) is 22.4 Å². The molecule has 0 spiro atoms. The van der Waals surface area contributed by atoms with Crippen LogP contribution < -0.4 is 21.4 Å². The van der Waals surface area contributed by atoms with Crippen molar-refractivity contribution in [1.29, 1.82) is 0 Å². The molecule has 0 aliphatic carbocycles. The zero-order valence-electron chi connectivity index (χ0n) is 21.3. The van der Waals surface area contributed by atoms with Crippen LogP contribution in [0.3, 0.4) is 0 Å². The van der Waals surface area contributed by atoms with E-state index < -0.39 is 22.8 Å². The Morgan fingerprint density at radius 3 is 2.81 bits per heavy atom. The first kappa shape index (κ1) is 25.6. The smallest absolute Gasteiger partial charge is 0.339 e. The minimum Gasteiger partial charge on any atom is -0.482 e. The number of hydrogen-bond acceptors (Lipinski definition) is 8. The average Bonchev–Trinajstić information content (AvgIpc) is 3.19.